The van der Waals surface area contributed by atoms with Gasteiger partial charge in [0.25, 0.3) is 0 Å². The van der Waals surface area contributed by atoms with E-state index >= 15 is 0 Å². The Labute approximate surface area is 108 Å². The van der Waals surface area contributed by atoms with Gasteiger partial charge < -0.3 is 4.74 Å². The minimum Gasteiger partial charge on any atom is -0.436 e. The zero-order valence-electron chi connectivity index (χ0n) is 7.95. The molecule has 0 radical (unpaired) electrons. The Morgan fingerprint density at radius 2 is 1.69 bits per heavy atom. The largest absolute Gasteiger partial charge is 0.436 e. The average molecular weight is 275 g/mol. The van der Waals surface area contributed by atoms with E-state index in [1.165, 1.54) is 0 Å². The number of ether oxygens (including phenoxy) is 1. The van der Waals surface area contributed by atoms with Gasteiger partial charge in [-0.15, -0.1) is 0 Å². The van der Waals surface area contributed by atoms with E-state index in [4.69, 9.17) is 39.5 Å². The molecule has 0 fully saturated rings. The van der Waals surface area contributed by atoms with Gasteiger partial charge in [0.05, 0.1) is 10.0 Å². The van der Waals surface area contributed by atoms with Crippen molar-refractivity contribution in [2.24, 2.45) is 0 Å². The average Bonchev–Trinajstić information content (AvgIpc) is 2.25. The molecule has 1 aromatic heterocycles. The lowest BCUT2D eigenvalue weighted by atomic mass is 10.3. The summed E-state index contributed by atoms with van der Waals surface area (Å²) >= 11 is 17.7. The van der Waals surface area contributed by atoms with Gasteiger partial charge in [-0.3, -0.25) is 0 Å². The van der Waals surface area contributed by atoms with Gasteiger partial charge in [0.2, 0.25) is 5.88 Å². The lowest BCUT2D eigenvalue weighted by Gasteiger charge is -2.08. The van der Waals surface area contributed by atoms with E-state index in [-0.39, 0.29) is 0 Å². The minimum absolute atomic E-state index is 0.350. The number of pyridine rings is 1. The molecule has 0 bridgehead atoms. The van der Waals surface area contributed by atoms with Gasteiger partial charge in [-0.05, 0) is 18.2 Å². The molecule has 1 heterocycles. The molecule has 1 aromatic carbocycles. The van der Waals surface area contributed by atoms with Crippen molar-refractivity contribution >= 4 is 34.8 Å². The Balaban J connectivity index is 2.35. The summed E-state index contributed by atoms with van der Waals surface area (Å²) in [5.74, 6) is 0.778. The monoisotopic (exact) mass is 273 g/mol. The van der Waals surface area contributed by atoms with Crippen LogP contribution in [0.2, 0.25) is 15.1 Å². The fourth-order valence-electron chi connectivity index (χ4n) is 1.14. The van der Waals surface area contributed by atoms with Crippen LogP contribution in [0.4, 0.5) is 0 Å². The van der Waals surface area contributed by atoms with Crippen LogP contribution in [-0.2, 0) is 0 Å². The van der Waals surface area contributed by atoms with E-state index < -0.39 is 0 Å². The molecule has 0 aliphatic heterocycles. The van der Waals surface area contributed by atoms with Crippen molar-refractivity contribution < 1.29 is 4.74 Å². The quantitative estimate of drug-likeness (QED) is 0.782. The molecule has 16 heavy (non-hydrogen) atoms. The molecule has 82 valence electrons. The molecule has 0 atom stereocenters. The van der Waals surface area contributed by atoms with Gasteiger partial charge in [-0.1, -0.05) is 40.9 Å². The van der Waals surface area contributed by atoms with Crippen molar-refractivity contribution in [1.82, 2.24) is 4.98 Å². The first-order valence-corrected chi connectivity index (χ1v) is 5.53. The maximum absolute atomic E-state index is 5.96. The molecule has 0 saturated heterocycles. The molecule has 0 spiro atoms. The highest BCUT2D eigenvalue weighted by Crippen LogP contribution is 2.37. The lowest BCUT2D eigenvalue weighted by molar-refractivity contribution is 0.463. The Kier molecular flexibility index (Phi) is 3.54. The van der Waals surface area contributed by atoms with Crippen LogP contribution in [0.25, 0.3) is 0 Å². The van der Waals surface area contributed by atoms with Gasteiger partial charge in [0.15, 0.2) is 5.75 Å². The van der Waals surface area contributed by atoms with Crippen molar-refractivity contribution in [2.45, 2.75) is 0 Å². The Hall–Kier alpha value is -0.960. The van der Waals surface area contributed by atoms with E-state index in [0.29, 0.717) is 26.7 Å². The SMILES string of the molecule is Clc1cc(Cl)c(Oc2ccccn2)c(Cl)c1. The summed E-state index contributed by atoms with van der Waals surface area (Å²) in [5.41, 5.74) is 0. The highest BCUT2D eigenvalue weighted by molar-refractivity contribution is 6.40. The van der Waals surface area contributed by atoms with Crippen LogP contribution >= 0.6 is 34.8 Å². The molecule has 2 aromatic rings. The van der Waals surface area contributed by atoms with Gasteiger partial charge >= 0.3 is 0 Å². The topological polar surface area (TPSA) is 22.1 Å². The number of benzene rings is 1. The molecule has 2 nitrogen and oxygen atoms in total. The van der Waals surface area contributed by atoms with Crippen LogP contribution in [0.3, 0.4) is 0 Å². The first-order chi connectivity index (χ1) is 7.66. The van der Waals surface area contributed by atoms with E-state index in [0.717, 1.165) is 0 Å². The van der Waals surface area contributed by atoms with E-state index in [1.54, 1.807) is 36.5 Å². The summed E-state index contributed by atoms with van der Waals surface area (Å²) in [5, 5.41) is 1.16. The van der Waals surface area contributed by atoms with Crippen molar-refractivity contribution in [3.8, 4) is 11.6 Å². The molecule has 0 aliphatic rings. The molecule has 0 saturated carbocycles. The zero-order valence-corrected chi connectivity index (χ0v) is 10.2. The standard InChI is InChI=1S/C11H6Cl3NO/c12-7-5-8(13)11(9(14)6-7)16-10-3-1-2-4-15-10/h1-6H. The maximum atomic E-state index is 5.96. The van der Waals surface area contributed by atoms with Crippen LogP contribution < -0.4 is 4.74 Å². The third kappa shape index (κ3) is 2.59. The number of hydrogen-bond acceptors (Lipinski definition) is 2. The Morgan fingerprint density at radius 1 is 1.00 bits per heavy atom. The lowest BCUT2D eigenvalue weighted by Crippen LogP contribution is -1.88. The van der Waals surface area contributed by atoms with Crippen LogP contribution in [-0.4, -0.2) is 4.98 Å². The molecule has 2 rings (SSSR count). The second kappa shape index (κ2) is 4.91. The predicted octanol–water partition coefficient (Wildman–Crippen LogP) is 4.83. The highest BCUT2D eigenvalue weighted by atomic mass is 35.5. The van der Waals surface area contributed by atoms with Gasteiger partial charge in [0, 0.05) is 17.3 Å². The second-order valence-corrected chi connectivity index (χ2v) is 4.22. The number of nitrogens with zero attached hydrogens (tertiary/aromatic N) is 1. The molecule has 0 N–H and O–H groups in total. The predicted molar refractivity (Wildman–Crippen MR) is 65.8 cm³/mol. The smallest absolute Gasteiger partial charge is 0.219 e. The Morgan fingerprint density at radius 3 is 2.25 bits per heavy atom. The normalized spacial score (nSPS) is 10.2. The van der Waals surface area contributed by atoms with Crippen molar-refractivity contribution in [2.75, 3.05) is 0 Å². The minimum atomic E-state index is 0.350. The van der Waals surface area contributed by atoms with Crippen LogP contribution in [0.5, 0.6) is 11.6 Å². The van der Waals surface area contributed by atoms with Crippen LogP contribution in [0.15, 0.2) is 36.5 Å². The fourth-order valence-corrected chi connectivity index (χ4v) is 2.03. The first kappa shape index (κ1) is 11.5. The summed E-state index contributed by atoms with van der Waals surface area (Å²) in [6.07, 6.45) is 1.62. The van der Waals surface area contributed by atoms with Crippen molar-refractivity contribution in [1.29, 1.82) is 0 Å². The number of hydrogen-bond donors (Lipinski definition) is 0. The summed E-state index contributed by atoms with van der Waals surface area (Å²) in [4.78, 5) is 4.01. The summed E-state index contributed by atoms with van der Waals surface area (Å²) in [6.45, 7) is 0. The molecule has 0 aliphatic carbocycles. The molecular weight excluding hydrogens is 268 g/mol. The van der Waals surface area contributed by atoms with Gasteiger partial charge in [-0.25, -0.2) is 4.98 Å². The second-order valence-electron chi connectivity index (χ2n) is 2.97. The maximum Gasteiger partial charge on any atom is 0.219 e. The highest BCUT2D eigenvalue weighted by Gasteiger charge is 2.10. The van der Waals surface area contributed by atoms with Crippen LogP contribution in [0.1, 0.15) is 0 Å². The van der Waals surface area contributed by atoms with Crippen molar-refractivity contribution in [3.63, 3.8) is 0 Å². The first-order valence-electron chi connectivity index (χ1n) is 4.40. The molecule has 0 amide bonds. The summed E-state index contributed by atoms with van der Waals surface area (Å²) in [7, 11) is 0. The Bertz CT molecular complexity index is 479. The van der Waals surface area contributed by atoms with Crippen molar-refractivity contribution in [3.05, 3.63) is 51.6 Å². The molecular formula is C11H6Cl3NO. The summed E-state index contributed by atoms with van der Waals surface area (Å²) < 4.78 is 5.46. The fraction of sp³-hybridized carbons (Fsp3) is 0. The van der Waals surface area contributed by atoms with E-state index in [1.807, 2.05) is 0 Å². The number of halogens is 3. The molecule has 5 heteroatoms. The zero-order chi connectivity index (χ0) is 11.5. The third-order valence-corrected chi connectivity index (χ3v) is 2.59. The molecule has 0 unspecified atom stereocenters. The van der Waals surface area contributed by atoms with E-state index in [9.17, 15) is 0 Å². The van der Waals surface area contributed by atoms with Gasteiger partial charge in [0.1, 0.15) is 0 Å². The van der Waals surface area contributed by atoms with E-state index in [2.05, 4.69) is 4.98 Å². The van der Waals surface area contributed by atoms with Crippen LogP contribution in [0, 0.1) is 0 Å². The van der Waals surface area contributed by atoms with Gasteiger partial charge in [-0.2, -0.15) is 0 Å². The third-order valence-electron chi connectivity index (χ3n) is 1.81. The summed E-state index contributed by atoms with van der Waals surface area (Å²) in [6, 6.07) is 8.43. The number of aromatic nitrogens is 1. The number of rotatable bonds is 2.